The molecule has 0 amide bonds. The highest BCUT2D eigenvalue weighted by molar-refractivity contribution is 5.86. The van der Waals surface area contributed by atoms with Gasteiger partial charge in [0.2, 0.25) is 0 Å². The number of hydrogen-bond donors (Lipinski definition) is 1. The zero-order valence-electron chi connectivity index (χ0n) is 21.3. The van der Waals surface area contributed by atoms with Crippen molar-refractivity contribution in [3.05, 3.63) is 77.8 Å². The van der Waals surface area contributed by atoms with Crippen LogP contribution in [0.15, 0.2) is 65.4 Å². The third-order valence-electron chi connectivity index (χ3n) is 6.29. The number of ether oxygens (including phenoxy) is 1. The van der Waals surface area contributed by atoms with E-state index in [1.165, 1.54) is 18.7 Å². The van der Waals surface area contributed by atoms with Gasteiger partial charge in [-0.25, -0.2) is 15.0 Å². The van der Waals surface area contributed by atoms with Gasteiger partial charge in [0.1, 0.15) is 17.1 Å². The number of aromatic nitrogens is 4. The summed E-state index contributed by atoms with van der Waals surface area (Å²) in [6.45, 7) is 4.58. The molecule has 10 heteroatoms. The Bertz CT molecular complexity index is 1600. The second kappa shape index (κ2) is 9.85. The van der Waals surface area contributed by atoms with Gasteiger partial charge in [0.25, 0.3) is 0 Å². The molecule has 3 aromatic heterocycles. The minimum Gasteiger partial charge on any atom is -0.496 e. The largest absolute Gasteiger partial charge is 0.496 e. The first kappa shape index (κ1) is 25.3. The van der Waals surface area contributed by atoms with Crippen molar-refractivity contribution in [1.29, 1.82) is 0 Å². The number of hydrogen-bond acceptors (Lipinski definition) is 6. The molecule has 0 saturated carbocycles. The zero-order valence-corrected chi connectivity index (χ0v) is 21.3. The monoisotopic (exact) mass is 521 g/mol. The molecule has 0 unspecified atom stereocenters. The summed E-state index contributed by atoms with van der Waals surface area (Å²) in [5, 5.41) is 3.32. The fraction of sp³-hybridized carbons (Fsp3) is 0.250. The standard InChI is InChI=1S/C28H26F3N5O2/c1-16(2)19-7-5-6-8-20(19)25-33-21-11-12-38-24(21)26(35-25)32-14-18-10-9-17(13-22(18)37-4)27-34-23(15-36(27)3)28(29,30)31/h5-13,15-16H,14H2,1-4H3,(H,32,33,35). The maximum Gasteiger partial charge on any atom is 0.434 e. The Labute approximate surface area is 217 Å². The van der Waals surface area contributed by atoms with Crippen molar-refractivity contribution in [3.63, 3.8) is 0 Å². The lowest BCUT2D eigenvalue weighted by Gasteiger charge is -2.14. The average Bonchev–Trinajstić information content (AvgIpc) is 3.53. The van der Waals surface area contributed by atoms with Gasteiger partial charge in [0, 0.05) is 42.5 Å². The van der Waals surface area contributed by atoms with Gasteiger partial charge < -0.3 is 19.0 Å². The Kier molecular flexibility index (Phi) is 6.56. The number of nitrogens with one attached hydrogen (secondary N) is 1. The number of benzene rings is 2. The number of furan rings is 1. The molecule has 0 bridgehead atoms. The summed E-state index contributed by atoms with van der Waals surface area (Å²) in [6.07, 6.45) is -1.98. The van der Waals surface area contributed by atoms with Crippen molar-refractivity contribution < 1.29 is 22.3 Å². The fourth-order valence-electron chi connectivity index (χ4n) is 4.39. The molecule has 0 radical (unpaired) electrons. The maximum absolute atomic E-state index is 13.1. The lowest BCUT2D eigenvalue weighted by molar-refractivity contribution is -0.140. The lowest BCUT2D eigenvalue weighted by Crippen LogP contribution is -2.06. The molecule has 3 heterocycles. The molecule has 0 atom stereocenters. The molecule has 0 spiro atoms. The third kappa shape index (κ3) is 4.81. The van der Waals surface area contributed by atoms with Crippen LogP contribution in [-0.2, 0) is 19.8 Å². The first-order valence-electron chi connectivity index (χ1n) is 12.0. The highest BCUT2D eigenvalue weighted by Gasteiger charge is 2.34. The predicted molar refractivity (Wildman–Crippen MR) is 139 cm³/mol. The van der Waals surface area contributed by atoms with Gasteiger partial charge in [-0.3, -0.25) is 0 Å². The fourth-order valence-corrected chi connectivity index (χ4v) is 4.39. The Morgan fingerprint density at radius 1 is 1.05 bits per heavy atom. The molecule has 0 fully saturated rings. The third-order valence-corrected chi connectivity index (χ3v) is 6.29. The number of methoxy groups -OCH3 is 1. The molecule has 196 valence electrons. The number of nitrogens with zero attached hydrogens (tertiary/aromatic N) is 4. The van der Waals surface area contributed by atoms with Gasteiger partial charge in [-0.2, -0.15) is 13.2 Å². The summed E-state index contributed by atoms with van der Waals surface area (Å²) in [7, 11) is 3.04. The van der Waals surface area contributed by atoms with E-state index in [1.807, 2.05) is 18.2 Å². The molecular weight excluding hydrogens is 495 g/mol. The average molecular weight is 522 g/mol. The van der Waals surface area contributed by atoms with E-state index in [9.17, 15) is 13.2 Å². The Hall–Kier alpha value is -4.34. The van der Waals surface area contributed by atoms with E-state index >= 15 is 0 Å². The molecule has 38 heavy (non-hydrogen) atoms. The van der Waals surface area contributed by atoms with Crippen LogP contribution in [-0.4, -0.2) is 26.6 Å². The summed E-state index contributed by atoms with van der Waals surface area (Å²) >= 11 is 0. The van der Waals surface area contributed by atoms with Crippen LogP contribution in [0, 0.1) is 0 Å². The number of anilines is 1. The van der Waals surface area contributed by atoms with Crippen LogP contribution in [0.3, 0.4) is 0 Å². The normalized spacial score (nSPS) is 11.9. The predicted octanol–water partition coefficient (Wildman–Crippen LogP) is 7.05. The summed E-state index contributed by atoms with van der Waals surface area (Å²) < 4.78 is 52.0. The van der Waals surface area contributed by atoms with Crippen molar-refractivity contribution >= 4 is 16.9 Å². The van der Waals surface area contributed by atoms with Crippen LogP contribution < -0.4 is 10.1 Å². The molecule has 5 rings (SSSR count). The van der Waals surface area contributed by atoms with E-state index in [0.717, 1.165) is 22.9 Å². The molecule has 0 aliphatic rings. The van der Waals surface area contributed by atoms with Gasteiger partial charge in [-0.1, -0.05) is 50.2 Å². The second-order valence-electron chi connectivity index (χ2n) is 9.21. The van der Waals surface area contributed by atoms with E-state index in [-0.39, 0.29) is 5.82 Å². The van der Waals surface area contributed by atoms with Crippen LogP contribution in [0.2, 0.25) is 0 Å². The number of rotatable bonds is 7. The van der Waals surface area contributed by atoms with Crippen LogP contribution in [0.4, 0.5) is 19.0 Å². The summed E-state index contributed by atoms with van der Waals surface area (Å²) in [6, 6.07) is 15.0. The molecule has 5 aromatic rings. The topological polar surface area (TPSA) is 78.0 Å². The van der Waals surface area contributed by atoms with E-state index in [2.05, 4.69) is 30.2 Å². The Morgan fingerprint density at radius 2 is 1.84 bits per heavy atom. The van der Waals surface area contributed by atoms with Crippen LogP contribution in [0.1, 0.15) is 36.6 Å². The molecule has 2 aromatic carbocycles. The van der Waals surface area contributed by atoms with Crippen molar-refractivity contribution in [2.75, 3.05) is 12.4 Å². The number of aryl methyl sites for hydroxylation is 1. The molecule has 0 aliphatic heterocycles. The zero-order chi connectivity index (χ0) is 27.0. The highest BCUT2D eigenvalue weighted by Crippen LogP contribution is 2.34. The molecule has 0 saturated heterocycles. The van der Waals surface area contributed by atoms with Gasteiger partial charge in [-0.05, 0) is 17.5 Å². The summed E-state index contributed by atoms with van der Waals surface area (Å²) in [5.41, 5.74) is 3.63. The first-order chi connectivity index (χ1) is 18.2. The van der Waals surface area contributed by atoms with E-state index in [4.69, 9.17) is 19.1 Å². The van der Waals surface area contributed by atoms with Crippen molar-refractivity contribution in [2.24, 2.45) is 7.05 Å². The Balaban J connectivity index is 1.46. The number of fused-ring (bicyclic) bond motifs is 1. The van der Waals surface area contributed by atoms with Crippen molar-refractivity contribution in [3.8, 4) is 28.5 Å². The van der Waals surface area contributed by atoms with Crippen LogP contribution in [0.25, 0.3) is 33.9 Å². The first-order valence-corrected chi connectivity index (χ1v) is 12.0. The molecule has 7 nitrogen and oxygen atoms in total. The van der Waals surface area contributed by atoms with E-state index in [1.54, 1.807) is 30.5 Å². The van der Waals surface area contributed by atoms with E-state index < -0.39 is 11.9 Å². The van der Waals surface area contributed by atoms with Gasteiger partial charge in [-0.15, -0.1) is 0 Å². The van der Waals surface area contributed by atoms with Gasteiger partial charge in [0.15, 0.2) is 22.9 Å². The highest BCUT2D eigenvalue weighted by atomic mass is 19.4. The SMILES string of the molecule is COc1cc(-c2nc(C(F)(F)F)cn2C)ccc1CNc1nc(-c2ccccc2C(C)C)nc2ccoc12. The Morgan fingerprint density at radius 3 is 2.55 bits per heavy atom. The van der Waals surface area contributed by atoms with Crippen LogP contribution >= 0.6 is 0 Å². The quantitative estimate of drug-likeness (QED) is 0.247. The van der Waals surface area contributed by atoms with Gasteiger partial charge >= 0.3 is 6.18 Å². The number of halogens is 3. The molecular formula is C28H26F3N5O2. The lowest BCUT2D eigenvalue weighted by atomic mass is 9.97. The minimum absolute atomic E-state index is 0.191. The number of alkyl halides is 3. The van der Waals surface area contributed by atoms with Crippen molar-refractivity contribution in [1.82, 2.24) is 19.5 Å². The maximum atomic E-state index is 13.1. The smallest absolute Gasteiger partial charge is 0.434 e. The van der Waals surface area contributed by atoms with Crippen LogP contribution in [0.5, 0.6) is 5.75 Å². The van der Waals surface area contributed by atoms with Gasteiger partial charge in [0.05, 0.1) is 13.4 Å². The molecule has 1 N–H and O–H groups in total. The number of imidazole rings is 1. The molecule has 0 aliphatic carbocycles. The van der Waals surface area contributed by atoms with E-state index in [0.29, 0.717) is 46.5 Å². The van der Waals surface area contributed by atoms with Crippen molar-refractivity contribution in [2.45, 2.75) is 32.5 Å². The minimum atomic E-state index is -4.52. The summed E-state index contributed by atoms with van der Waals surface area (Å²) in [4.78, 5) is 13.3. The summed E-state index contributed by atoms with van der Waals surface area (Å²) in [5.74, 6) is 2.10. The second-order valence-corrected chi connectivity index (χ2v) is 9.21.